The number of hydrogen-bond acceptors (Lipinski definition) is 5. The lowest BCUT2D eigenvalue weighted by molar-refractivity contribution is 0.401. The number of aryl methyl sites for hydroxylation is 1. The number of anilines is 1. The maximum atomic E-state index is 12.4. The van der Waals surface area contributed by atoms with Crippen LogP contribution in [-0.4, -0.2) is 42.6 Å². The molecule has 3 rings (SSSR count). The van der Waals surface area contributed by atoms with Crippen molar-refractivity contribution in [2.75, 3.05) is 24.5 Å². The van der Waals surface area contributed by atoms with Crippen molar-refractivity contribution in [3.05, 3.63) is 37.1 Å². The smallest absolute Gasteiger partial charge is 0.257 e. The molecule has 1 N–H and O–H groups in total. The fraction of sp³-hybridized carbons (Fsp3) is 0.500. The first-order valence-corrected chi connectivity index (χ1v) is 9.73. The lowest BCUT2D eigenvalue weighted by Gasteiger charge is -2.33. The summed E-state index contributed by atoms with van der Waals surface area (Å²) in [6.07, 6.45) is 8.48. The number of nitrogens with one attached hydrogen (secondary N) is 1. The predicted molar refractivity (Wildman–Crippen MR) is 92.3 cm³/mol. The molecule has 1 aliphatic heterocycles. The Morgan fingerprint density at radius 3 is 2.58 bits per heavy atom. The molecular formula is C16H23N5O2S. The van der Waals surface area contributed by atoms with Crippen LogP contribution in [0.5, 0.6) is 0 Å². The van der Waals surface area contributed by atoms with E-state index in [-0.39, 0.29) is 5.03 Å². The second kappa shape index (κ2) is 7.31. The molecule has 24 heavy (non-hydrogen) atoms. The third-order valence-corrected chi connectivity index (χ3v) is 5.93. The van der Waals surface area contributed by atoms with E-state index in [1.165, 1.54) is 11.9 Å². The van der Waals surface area contributed by atoms with Crippen LogP contribution in [0.2, 0.25) is 0 Å². The number of hydrogen-bond donors (Lipinski definition) is 1. The Morgan fingerprint density at radius 1 is 1.21 bits per heavy atom. The van der Waals surface area contributed by atoms with Crippen molar-refractivity contribution in [1.82, 2.24) is 19.3 Å². The molecule has 0 bridgehead atoms. The van der Waals surface area contributed by atoms with Crippen LogP contribution in [0.25, 0.3) is 0 Å². The van der Waals surface area contributed by atoms with Gasteiger partial charge < -0.3 is 9.47 Å². The molecule has 0 radical (unpaired) electrons. The standard InChI is InChI=1S/C16H23N5O2S/c1-2-20-13-18-12-16(20)24(22,23)19-11-14-5-9-21(10-6-14)15-3-7-17-8-4-15/h3-4,7-8,12-14,19H,2,5-6,9-11H2,1H3. The number of imidazole rings is 1. The van der Waals surface area contributed by atoms with Crippen LogP contribution in [0.4, 0.5) is 5.69 Å². The second-order valence-corrected chi connectivity index (χ2v) is 7.72. The third-order valence-electron chi connectivity index (χ3n) is 4.49. The molecule has 0 atom stereocenters. The Labute approximate surface area is 142 Å². The molecule has 8 heteroatoms. The zero-order chi connectivity index (χ0) is 17.0. The maximum Gasteiger partial charge on any atom is 0.257 e. The van der Waals surface area contributed by atoms with Gasteiger partial charge in [-0.3, -0.25) is 4.98 Å². The van der Waals surface area contributed by atoms with Crippen molar-refractivity contribution in [3.63, 3.8) is 0 Å². The summed E-state index contributed by atoms with van der Waals surface area (Å²) in [5, 5.41) is 0.235. The van der Waals surface area contributed by atoms with E-state index in [1.54, 1.807) is 23.3 Å². The second-order valence-electron chi connectivity index (χ2n) is 6.01. The Kier molecular flexibility index (Phi) is 5.15. The van der Waals surface area contributed by atoms with Gasteiger partial charge >= 0.3 is 0 Å². The average Bonchev–Trinajstić information content (AvgIpc) is 3.11. The number of aromatic nitrogens is 3. The molecule has 3 heterocycles. The highest BCUT2D eigenvalue weighted by molar-refractivity contribution is 7.89. The van der Waals surface area contributed by atoms with E-state index in [9.17, 15) is 8.42 Å². The van der Waals surface area contributed by atoms with E-state index in [1.807, 2.05) is 19.1 Å². The molecule has 2 aromatic heterocycles. The van der Waals surface area contributed by atoms with Gasteiger partial charge in [0.05, 0.1) is 12.5 Å². The summed E-state index contributed by atoms with van der Waals surface area (Å²) in [6.45, 7) is 4.82. The van der Waals surface area contributed by atoms with Gasteiger partial charge in [-0.25, -0.2) is 18.1 Å². The number of rotatable bonds is 6. The number of nitrogens with zero attached hydrogens (tertiary/aromatic N) is 4. The Balaban J connectivity index is 1.53. The summed E-state index contributed by atoms with van der Waals surface area (Å²) in [4.78, 5) is 10.3. The predicted octanol–water partition coefficient (Wildman–Crippen LogP) is 1.49. The Morgan fingerprint density at radius 2 is 1.92 bits per heavy atom. The molecular weight excluding hydrogens is 326 g/mol. The number of pyridine rings is 1. The van der Waals surface area contributed by atoms with E-state index in [2.05, 4.69) is 19.6 Å². The monoisotopic (exact) mass is 349 g/mol. The molecule has 0 unspecified atom stereocenters. The highest BCUT2D eigenvalue weighted by atomic mass is 32.2. The molecule has 0 aliphatic carbocycles. The van der Waals surface area contributed by atoms with Crippen LogP contribution in [0.1, 0.15) is 19.8 Å². The minimum absolute atomic E-state index is 0.235. The summed E-state index contributed by atoms with van der Waals surface area (Å²) in [6, 6.07) is 4.02. The lowest BCUT2D eigenvalue weighted by atomic mass is 9.97. The molecule has 130 valence electrons. The van der Waals surface area contributed by atoms with Crippen LogP contribution in [0.15, 0.2) is 42.1 Å². The van der Waals surface area contributed by atoms with E-state index < -0.39 is 10.0 Å². The lowest BCUT2D eigenvalue weighted by Crippen LogP contribution is -2.39. The SMILES string of the molecule is CCn1cncc1S(=O)(=O)NCC1CCN(c2ccncc2)CC1. The number of piperidine rings is 1. The van der Waals surface area contributed by atoms with Gasteiger partial charge in [0.2, 0.25) is 0 Å². The molecule has 1 aliphatic rings. The van der Waals surface area contributed by atoms with Gasteiger partial charge in [-0.15, -0.1) is 0 Å². The topological polar surface area (TPSA) is 80.1 Å². The van der Waals surface area contributed by atoms with Gasteiger partial charge in [-0.05, 0) is 37.8 Å². The quantitative estimate of drug-likeness (QED) is 0.855. The van der Waals surface area contributed by atoms with Crippen LogP contribution >= 0.6 is 0 Å². The normalized spacial score (nSPS) is 16.5. The number of sulfonamides is 1. The molecule has 0 aromatic carbocycles. The zero-order valence-corrected chi connectivity index (χ0v) is 14.6. The molecule has 7 nitrogen and oxygen atoms in total. The largest absolute Gasteiger partial charge is 0.371 e. The first-order valence-electron chi connectivity index (χ1n) is 8.25. The van der Waals surface area contributed by atoms with E-state index >= 15 is 0 Å². The molecule has 1 fully saturated rings. The fourth-order valence-corrected chi connectivity index (χ4v) is 4.31. The van der Waals surface area contributed by atoms with Crippen molar-refractivity contribution in [3.8, 4) is 0 Å². The van der Waals surface area contributed by atoms with Crippen LogP contribution < -0.4 is 9.62 Å². The van der Waals surface area contributed by atoms with E-state index in [0.29, 0.717) is 19.0 Å². The zero-order valence-electron chi connectivity index (χ0n) is 13.8. The highest BCUT2D eigenvalue weighted by Gasteiger charge is 2.23. The Bertz CT molecular complexity index is 752. The molecule has 1 saturated heterocycles. The van der Waals surface area contributed by atoms with Crippen molar-refractivity contribution < 1.29 is 8.42 Å². The third kappa shape index (κ3) is 3.76. The van der Waals surface area contributed by atoms with Gasteiger partial charge in [0.25, 0.3) is 10.0 Å². The maximum absolute atomic E-state index is 12.4. The minimum Gasteiger partial charge on any atom is -0.371 e. The van der Waals surface area contributed by atoms with Crippen molar-refractivity contribution in [2.45, 2.75) is 31.3 Å². The van der Waals surface area contributed by atoms with Crippen molar-refractivity contribution in [1.29, 1.82) is 0 Å². The van der Waals surface area contributed by atoms with E-state index in [4.69, 9.17) is 0 Å². The van der Waals surface area contributed by atoms with Crippen LogP contribution in [0, 0.1) is 5.92 Å². The van der Waals surface area contributed by atoms with Crippen molar-refractivity contribution >= 4 is 15.7 Å². The summed E-state index contributed by atoms with van der Waals surface area (Å²) in [7, 11) is -3.50. The first-order chi connectivity index (χ1) is 11.6. The average molecular weight is 349 g/mol. The summed E-state index contributed by atoms with van der Waals surface area (Å²) < 4.78 is 29.2. The molecule has 2 aromatic rings. The van der Waals surface area contributed by atoms with Crippen molar-refractivity contribution in [2.24, 2.45) is 5.92 Å². The minimum atomic E-state index is -3.50. The highest BCUT2D eigenvalue weighted by Crippen LogP contribution is 2.22. The first kappa shape index (κ1) is 16.9. The molecule has 0 spiro atoms. The summed E-state index contributed by atoms with van der Waals surface area (Å²) in [5.41, 5.74) is 1.18. The Hall–Kier alpha value is -1.93. The van der Waals surface area contributed by atoms with Gasteiger partial charge in [0, 0.05) is 44.3 Å². The van der Waals surface area contributed by atoms with Crippen LogP contribution in [0.3, 0.4) is 0 Å². The molecule has 0 amide bonds. The van der Waals surface area contributed by atoms with Gasteiger partial charge in [0.15, 0.2) is 5.03 Å². The summed E-state index contributed by atoms with van der Waals surface area (Å²) in [5.74, 6) is 0.357. The summed E-state index contributed by atoms with van der Waals surface area (Å²) >= 11 is 0. The van der Waals surface area contributed by atoms with Crippen LogP contribution in [-0.2, 0) is 16.6 Å². The van der Waals surface area contributed by atoms with Gasteiger partial charge in [-0.1, -0.05) is 0 Å². The van der Waals surface area contributed by atoms with Gasteiger partial charge in [0.1, 0.15) is 0 Å². The fourth-order valence-electron chi connectivity index (χ4n) is 3.02. The van der Waals surface area contributed by atoms with Gasteiger partial charge in [-0.2, -0.15) is 0 Å². The molecule has 0 saturated carbocycles. The van der Waals surface area contributed by atoms with E-state index in [0.717, 1.165) is 25.9 Å².